The minimum absolute atomic E-state index is 0.260. The molecule has 1 atom stereocenters. The number of likely N-dealkylation sites (N-methyl/N-ethyl adjacent to an activating group) is 2. The largest absolute Gasteiger partial charge is 0.497 e. The molecule has 0 aromatic heterocycles. The Morgan fingerprint density at radius 3 is 2.60 bits per heavy atom. The molecule has 0 spiro atoms. The zero-order valence-corrected chi connectivity index (χ0v) is 13.0. The lowest BCUT2D eigenvalue weighted by Crippen LogP contribution is -2.34. The molecule has 0 amide bonds. The fourth-order valence-electron chi connectivity index (χ4n) is 2.58. The second kappa shape index (κ2) is 6.95. The predicted molar refractivity (Wildman–Crippen MR) is 81.6 cm³/mol. The van der Waals surface area contributed by atoms with Gasteiger partial charge in [-0.3, -0.25) is 0 Å². The average molecular weight is 278 g/mol. The van der Waals surface area contributed by atoms with Crippen molar-refractivity contribution in [1.29, 1.82) is 0 Å². The van der Waals surface area contributed by atoms with E-state index in [4.69, 9.17) is 9.47 Å². The smallest absolute Gasteiger partial charge is 0.123 e. The van der Waals surface area contributed by atoms with Gasteiger partial charge in [-0.25, -0.2) is 0 Å². The van der Waals surface area contributed by atoms with Crippen LogP contribution in [0.4, 0.5) is 0 Å². The first-order valence-electron chi connectivity index (χ1n) is 7.35. The summed E-state index contributed by atoms with van der Waals surface area (Å²) in [5.41, 5.74) is 1.17. The summed E-state index contributed by atoms with van der Waals surface area (Å²) in [6.45, 7) is 4.06. The lowest BCUT2D eigenvalue weighted by molar-refractivity contribution is 0.278. The molecule has 0 heterocycles. The van der Waals surface area contributed by atoms with Crippen molar-refractivity contribution in [3.8, 4) is 11.5 Å². The Morgan fingerprint density at radius 1 is 1.30 bits per heavy atom. The van der Waals surface area contributed by atoms with E-state index in [2.05, 4.69) is 30.3 Å². The third-order valence-corrected chi connectivity index (χ3v) is 3.90. The Hall–Kier alpha value is -1.26. The van der Waals surface area contributed by atoms with E-state index in [1.165, 1.54) is 18.4 Å². The maximum atomic E-state index is 5.52. The Kier molecular flexibility index (Phi) is 5.26. The van der Waals surface area contributed by atoms with Gasteiger partial charge in [-0.05, 0) is 44.6 Å². The zero-order chi connectivity index (χ0) is 14.5. The van der Waals surface area contributed by atoms with Gasteiger partial charge in [0.2, 0.25) is 0 Å². The molecule has 4 nitrogen and oxygen atoms in total. The summed E-state index contributed by atoms with van der Waals surface area (Å²) in [7, 11) is 5.62. The standard InChI is InChI=1S/C16H26N2O2/c1-5-17-15(11-18(2)12-6-7-12)14-10-13(19-3)8-9-16(14)20-4/h8-10,12,15,17H,5-7,11H2,1-4H3. The fraction of sp³-hybridized carbons (Fsp3) is 0.625. The van der Waals surface area contributed by atoms with Crippen molar-refractivity contribution in [3.63, 3.8) is 0 Å². The van der Waals surface area contributed by atoms with Gasteiger partial charge >= 0.3 is 0 Å². The highest BCUT2D eigenvalue weighted by atomic mass is 16.5. The molecule has 1 aromatic carbocycles. The number of hydrogen-bond donors (Lipinski definition) is 1. The van der Waals surface area contributed by atoms with Crippen LogP contribution in [0, 0.1) is 0 Å². The van der Waals surface area contributed by atoms with Crippen LogP contribution in [0.1, 0.15) is 31.4 Å². The van der Waals surface area contributed by atoms with Crippen LogP contribution in [0.15, 0.2) is 18.2 Å². The number of nitrogens with one attached hydrogen (secondary N) is 1. The molecule has 2 rings (SSSR count). The van der Waals surface area contributed by atoms with Crippen molar-refractivity contribution in [2.24, 2.45) is 0 Å². The molecule has 0 saturated heterocycles. The van der Waals surface area contributed by atoms with E-state index in [9.17, 15) is 0 Å². The van der Waals surface area contributed by atoms with Gasteiger partial charge in [-0.15, -0.1) is 0 Å². The molecule has 20 heavy (non-hydrogen) atoms. The Morgan fingerprint density at radius 2 is 2.05 bits per heavy atom. The van der Waals surface area contributed by atoms with Gasteiger partial charge in [0, 0.05) is 24.2 Å². The number of methoxy groups -OCH3 is 2. The molecule has 1 N–H and O–H groups in total. The Bertz CT molecular complexity index is 432. The van der Waals surface area contributed by atoms with E-state index in [1.54, 1.807) is 14.2 Å². The third-order valence-electron chi connectivity index (χ3n) is 3.90. The van der Waals surface area contributed by atoms with Gasteiger partial charge in [0.1, 0.15) is 11.5 Å². The molecule has 4 heteroatoms. The molecule has 0 bridgehead atoms. The second-order valence-electron chi connectivity index (χ2n) is 5.39. The molecule has 1 aliphatic carbocycles. The van der Waals surface area contributed by atoms with E-state index >= 15 is 0 Å². The summed E-state index contributed by atoms with van der Waals surface area (Å²) in [5.74, 6) is 1.79. The van der Waals surface area contributed by atoms with Gasteiger partial charge < -0.3 is 19.7 Å². The highest BCUT2D eigenvalue weighted by Gasteiger charge is 2.28. The number of ether oxygens (including phenoxy) is 2. The molecule has 112 valence electrons. The van der Waals surface area contributed by atoms with Gasteiger partial charge in [-0.2, -0.15) is 0 Å². The van der Waals surface area contributed by atoms with Crippen LogP contribution in [-0.2, 0) is 0 Å². The number of rotatable bonds is 8. The van der Waals surface area contributed by atoms with Crippen LogP contribution < -0.4 is 14.8 Å². The molecular weight excluding hydrogens is 252 g/mol. The van der Waals surface area contributed by atoms with Crippen LogP contribution in [-0.4, -0.2) is 45.3 Å². The highest BCUT2D eigenvalue weighted by molar-refractivity contribution is 5.42. The molecule has 1 aromatic rings. The van der Waals surface area contributed by atoms with E-state index in [0.717, 1.165) is 30.6 Å². The summed E-state index contributed by atoms with van der Waals surface area (Å²) in [6.07, 6.45) is 2.65. The Labute approximate surface area is 122 Å². The fourth-order valence-corrected chi connectivity index (χ4v) is 2.58. The van der Waals surface area contributed by atoms with E-state index in [1.807, 2.05) is 12.1 Å². The molecule has 1 saturated carbocycles. The van der Waals surface area contributed by atoms with E-state index < -0.39 is 0 Å². The third kappa shape index (κ3) is 3.64. The van der Waals surface area contributed by atoms with Gasteiger partial charge in [0.15, 0.2) is 0 Å². The second-order valence-corrected chi connectivity index (χ2v) is 5.39. The summed E-state index contributed by atoms with van der Waals surface area (Å²) in [5, 5.41) is 3.56. The average Bonchev–Trinajstić information content (AvgIpc) is 3.30. The number of benzene rings is 1. The van der Waals surface area contributed by atoms with E-state index in [0.29, 0.717) is 0 Å². The maximum Gasteiger partial charge on any atom is 0.123 e. The lowest BCUT2D eigenvalue weighted by Gasteiger charge is -2.26. The van der Waals surface area contributed by atoms with Crippen LogP contribution in [0.25, 0.3) is 0 Å². The minimum Gasteiger partial charge on any atom is -0.497 e. The molecule has 0 aliphatic heterocycles. The summed E-state index contributed by atoms with van der Waals surface area (Å²) in [4.78, 5) is 2.44. The van der Waals surface area contributed by atoms with E-state index in [-0.39, 0.29) is 6.04 Å². The van der Waals surface area contributed by atoms with Crippen LogP contribution in [0.3, 0.4) is 0 Å². The number of hydrogen-bond acceptors (Lipinski definition) is 4. The Balaban J connectivity index is 2.21. The van der Waals surface area contributed by atoms with Crippen LogP contribution in [0.5, 0.6) is 11.5 Å². The van der Waals surface area contributed by atoms with Crippen LogP contribution in [0.2, 0.25) is 0 Å². The lowest BCUT2D eigenvalue weighted by atomic mass is 10.0. The molecule has 0 radical (unpaired) electrons. The molecule has 1 aliphatic rings. The first kappa shape index (κ1) is 15.1. The normalized spacial score (nSPS) is 16.2. The maximum absolute atomic E-state index is 5.52. The first-order valence-corrected chi connectivity index (χ1v) is 7.35. The summed E-state index contributed by atoms with van der Waals surface area (Å²) in [6, 6.07) is 7.02. The van der Waals surface area contributed by atoms with Crippen molar-refractivity contribution in [1.82, 2.24) is 10.2 Å². The van der Waals surface area contributed by atoms with Crippen molar-refractivity contribution < 1.29 is 9.47 Å². The van der Waals surface area contributed by atoms with Crippen LogP contribution >= 0.6 is 0 Å². The molecule has 1 fully saturated rings. The monoisotopic (exact) mass is 278 g/mol. The molecule has 1 unspecified atom stereocenters. The SMILES string of the molecule is CCNC(CN(C)C1CC1)c1cc(OC)ccc1OC. The topological polar surface area (TPSA) is 33.7 Å². The van der Waals surface area contributed by atoms with Crippen molar-refractivity contribution in [2.45, 2.75) is 31.8 Å². The molecular formula is C16H26N2O2. The predicted octanol–water partition coefficient (Wildman–Crippen LogP) is 2.45. The number of nitrogens with zero attached hydrogens (tertiary/aromatic N) is 1. The van der Waals surface area contributed by atoms with Gasteiger partial charge in [-0.1, -0.05) is 6.92 Å². The minimum atomic E-state index is 0.260. The summed E-state index contributed by atoms with van der Waals surface area (Å²) >= 11 is 0. The quantitative estimate of drug-likeness (QED) is 0.792. The first-order chi connectivity index (χ1) is 9.69. The highest BCUT2D eigenvalue weighted by Crippen LogP contribution is 2.32. The zero-order valence-electron chi connectivity index (χ0n) is 13.0. The summed E-state index contributed by atoms with van der Waals surface area (Å²) < 4.78 is 10.9. The van der Waals surface area contributed by atoms with Crippen molar-refractivity contribution in [2.75, 3.05) is 34.4 Å². The van der Waals surface area contributed by atoms with Crippen molar-refractivity contribution in [3.05, 3.63) is 23.8 Å². The van der Waals surface area contributed by atoms with Crippen molar-refractivity contribution >= 4 is 0 Å². The van der Waals surface area contributed by atoms with Gasteiger partial charge in [0.25, 0.3) is 0 Å². The van der Waals surface area contributed by atoms with Gasteiger partial charge in [0.05, 0.1) is 14.2 Å².